The van der Waals surface area contributed by atoms with Crippen molar-refractivity contribution in [2.75, 3.05) is 7.11 Å². The van der Waals surface area contributed by atoms with Gasteiger partial charge in [0, 0.05) is 10.9 Å². The zero-order valence-corrected chi connectivity index (χ0v) is 23.1. The number of hydrogen-bond acceptors (Lipinski definition) is 8. The summed E-state index contributed by atoms with van der Waals surface area (Å²) in [6, 6.07) is 4.63. The Morgan fingerprint density at radius 2 is 2.05 bits per heavy atom. The van der Waals surface area contributed by atoms with Crippen LogP contribution in [0.15, 0.2) is 33.6 Å². The number of methoxy groups -OCH3 is 1. The number of nitrogens with zero attached hydrogens (tertiary/aromatic N) is 4. The SMILES string of the molecule is COc1cc(C(=O)N2[C@@H](c3cscn3)[C@@H](c3nc(C)no3)C[C@@]2(CC(C)C)C(=O)O)ccc1C(C)(C)C. The van der Waals surface area contributed by atoms with Gasteiger partial charge in [0.05, 0.1) is 30.3 Å². The van der Waals surface area contributed by atoms with E-state index in [-0.39, 0.29) is 24.2 Å². The number of carbonyl (C=O) groups is 2. The first-order chi connectivity index (χ1) is 17.4. The maximum atomic E-state index is 14.4. The van der Waals surface area contributed by atoms with Crippen LogP contribution in [0.1, 0.15) is 92.8 Å². The molecule has 0 spiro atoms. The number of hydrogen-bond donors (Lipinski definition) is 1. The highest BCUT2D eigenvalue weighted by molar-refractivity contribution is 7.07. The van der Waals surface area contributed by atoms with Crippen LogP contribution < -0.4 is 4.74 Å². The average molecular weight is 527 g/mol. The van der Waals surface area contributed by atoms with E-state index in [1.54, 1.807) is 31.7 Å². The zero-order valence-electron chi connectivity index (χ0n) is 22.3. The van der Waals surface area contributed by atoms with E-state index in [4.69, 9.17) is 9.26 Å². The molecule has 0 saturated carbocycles. The molecule has 3 aromatic rings. The lowest BCUT2D eigenvalue weighted by Gasteiger charge is -2.39. The van der Waals surface area contributed by atoms with Gasteiger partial charge in [-0.05, 0) is 48.8 Å². The number of aromatic nitrogens is 3. The third-order valence-electron chi connectivity index (χ3n) is 6.91. The molecule has 1 aromatic carbocycles. The van der Waals surface area contributed by atoms with E-state index < -0.39 is 29.4 Å². The molecule has 2 aromatic heterocycles. The van der Waals surface area contributed by atoms with E-state index in [1.807, 2.05) is 25.3 Å². The molecule has 3 atom stereocenters. The van der Waals surface area contributed by atoms with Crippen molar-refractivity contribution >= 4 is 23.2 Å². The van der Waals surface area contributed by atoms with Gasteiger partial charge in [0.1, 0.15) is 11.3 Å². The first kappa shape index (κ1) is 26.8. The molecule has 3 heterocycles. The van der Waals surface area contributed by atoms with E-state index in [1.165, 1.54) is 16.2 Å². The zero-order chi connectivity index (χ0) is 27.1. The molecular formula is C27H34N4O5S. The highest BCUT2D eigenvalue weighted by atomic mass is 32.1. The lowest BCUT2D eigenvalue weighted by Crippen LogP contribution is -2.54. The van der Waals surface area contributed by atoms with Crippen molar-refractivity contribution in [1.29, 1.82) is 0 Å². The van der Waals surface area contributed by atoms with Gasteiger partial charge in [-0.25, -0.2) is 9.78 Å². The fourth-order valence-electron chi connectivity index (χ4n) is 5.45. The number of carboxylic acids is 1. The van der Waals surface area contributed by atoms with Crippen molar-refractivity contribution in [1.82, 2.24) is 20.0 Å². The summed E-state index contributed by atoms with van der Waals surface area (Å²) in [7, 11) is 1.57. The van der Waals surface area contributed by atoms with Crippen molar-refractivity contribution < 1.29 is 24.0 Å². The summed E-state index contributed by atoms with van der Waals surface area (Å²) in [4.78, 5) is 37.9. The second-order valence-electron chi connectivity index (χ2n) is 11.1. The Morgan fingerprint density at radius 3 is 2.57 bits per heavy atom. The maximum Gasteiger partial charge on any atom is 0.329 e. The fourth-order valence-corrected chi connectivity index (χ4v) is 6.03. The molecule has 0 aliphatic carbocycles. The molecule has 1 aliphatic rings. The van der Waals surface area contributed by atoms with Crippen molar-refractivity contribution in [2.24, 2.45) is 5.92 Å². The number of ether oxygens (including phenoxy) is 1. The molecule has 0 bridgehead atoms. The molecule has 9 nitrogen and oxygen atoms in total. The minimum atomic E-state index is -1.50. The number of thiazole rings is 1. The third kappa shape index (κ3) is 4.86. The molecule has 0 radical (unpaired) electrons. The molecule has 1 fully saturated rings. The second-order valence-corrected chi connectivity index (χ2v) is 11.8. The largest absolute Gasteiger partial charge is 0.496 e. The number of aryl methyl sites for hydroxylation is 1. The molecule has 1 aliphatic heterocycles. The summed E-state index contributed by atoms with van der Waals surface area (Å²) in [5, 5.41) is 16.5. The minimum Gasteiger partial charge on any atom is -0.496 e. The molecular weight excluding hydrogens is 492 g/mol. The third-order valence-corrected chi connectivity index (χ3v) is 7.52. The highest BCUT2D eigenvalue weighted by Gasteiger charge is 2.61. The van der Waals surface area contributed by atoms with Crippen LogP contribution in [0.25, 0.3) is 0 Å². The van der Waals surface area contributed by atoms with Crippen LogP contribution >= 0.6 is 11.3 Å². The average Bonchev–Trinajstić information content (AvgIpc) is 3.56. The van der Waals surface area contributed by atoms with E-state index in [0.717, 1.165) is 5.56 Å². The van der Waals surface area contributed by atoms with Crippen LogP contribution in [-0.4, -0.2) is 49.7 Å². The maximum absolute atomic E-state index is 14.4. The Labute approximate surface area is 220 Å². The second kappa shape index (κ2) is 9.89. The molecule has 1 saturated heterocycles. The Bertz CT molecular complexity index is 1280. The molecule has 37 heavy (non-hydrogen) atoms. The number of rotatable bonds is 7. The van der Waals surface area contributed by atoms with Crippen LogP contribution in [0.3, 0.4) is 0 Å². The Kier molecular flexibility index (Phi) is 7.16. The summed E-state index contributed by atoms with van der Waals surface area (Å²) in [5.41, 5.74) is 1.88. The monoisotopic (exact) mass is 526 g/mol. The van der Waals surface area contributed by atoms with Gasteiger partial charge in [-0.2, -0.15) is 4.98 Å². The molecule has 10 heteroatoms. The van der Waals surface area contributed by atoms with Gasteiger partial charge in [-0.15, -0.1) is 11.3 Å². The van der Waals surface area contributed by atoms with Gasteiger partial charge in [0.15, 0.2) is 5.82 Å². The topological polar surface area (TPSA) is 119 Å². The first-order valence-electron chi connectivity index (χ1n) is 12.3. The number of benzene rings is 1. The number of amides is 1. The van der Waals surface area contributed by atoms with Gasteiger partial charge < -0.3 is 19.3 Å². The van der Waals surface area contributed by atoms with Crippen LogP contribution in [0.4, 0.5) is 0 Å². The van der Waals surface area contributed by atoms with Crippen molar-refractivity contribution in [3.63, 3.8) is 0 Å². The van der Waals surface area contributed by atoms with Crippen LogP contribution in [-0.2, 0) is 10.2 Å². The fraction of sp³-hybridized carbons (Fsp3) is 0.519. The smallest absolute Gasteiger partial charge is 0.329 e. The van der Waals surface area contributed by atoms with E-state index in [2.05, 4.69) is 35.9 Å². The predicted molar refractivity (Wildman–Crippen MR) is 139 cm³/mol. The number of carboxylic acid groups (broad SMARTS) is 1. The van der Waals surface area contributed by atoms with Gasteiger partial charge in [-0.1, -0.05) is 45.8 Å². The summed E-state index contributed by atoms with van der Waals surface area (Å²) < 4.78 is 11.2. The summed E-state index contributed by atoms with van der Waals surface area (Å²) in [6.45, 7) is 11.8. The number of aliphatic carboxylic acids is 1. The van der Waals surface area contributed by atoms with Crippen molar-refractivity contribution in [2.45, 2.75) is 77.3 Å². The normalized spacial score (nSPS) is 22.0. The highest BCUT2D eigenvalue weighted by Crippen LogP contribution is 2.54. The van der Waals surface area contributed by atoms with Gasteiger partial charge in [-0.3, -0.25) is 4.79 Å². The molecule has 0 unspecified atom stereocenters. The minimum absolute atomic E-state index is 0.00320. The molecule has 1 N–H and O–H groups in total. The molecule has 4 rings (SSSR count). The lowest BCUT2D eigenvalue weighted by atomic mass is 9.83. The summed E-state index contributed by atoms with van der Waals surface area (Å²) in [6.07, 6.45) is 0.392. The Morgan fingerprint density at radius 1 is 1.32 bits per heavy atom. The Hall–Kier alpha value is -3.27. The summed E-state index contributed by atoms with van der Waals surface area (Å²) >= 11 is 1.39. The Balaban J connectivity index is 1.92. The van der Waals surface area contributed by atoms with E-state index in [0.29, 0.717) is 28.7 Å². The molecule has 198 valence electrons. The van der Waals surface area contributed by atoms with Crippen LogP contribution in [0, 0.1) is 12.8 Å². The predicted octanol–water partition coefficient (Wildman–Crippen LogP) is 5.38. The number of carbonyl (C=O) groups excluding carboxylic acids is 1. The van der Waals surface area contributed by atoms with Gasteiger partial charge in [0.2, 0.25) is 5.89 Å². The van der Waals surface area contributed by atoms with Gasteiger partial charge in [0.25, 0.3) is 5.91 Å². The van der Waals surface area contributed by atoms with E-state index in [9.17, 15) is 14.7 Å². The van der Waals surface area contributed by atoms with E-state index >= 15 is 0 Å². The van der Waals surface area contributed by atoms with Crippen molar-refractivity contribution in [3.05, 3.63) is 57.6 Å². The van der Waals surface area contributed by atoms with Crippen molar-refractivity contribution in [3.8, 4) is 5.75 Å². The first-order valence-corrected chi connectivity index (χ1v) is 13.3. The molecule has 1 amide bonds. The standard InChI is InChI=1S/C27H34N4O5S/c1-15(2)11-27(25(33)34)12-18(23-29-16(3)30-36-23)22(20-13-37-14-28-20)31(27)24(32)17-8-9-19(26(4,5)6)21(10-17)35-7/h8-10,13-15,18,22H,11-12H2,1-7H3,(H,33,34)/t18-,22+,27-/m0/s1. The quantitative estimate of drug-likeness (QED) is 0.436. The van der Waals surface area contributed by atoms with Crippen LogP contribution in [0.5, 0.6) is 5.75 Å². The lowest BCUT2D eigenvalue weighted by molar-refractivity contribution is -0.150. The van der Waals surface area contributed by atoms with Crippen LogP contribution in [0.2, 0.25) is 0 Å². The van der Waals surface area contributed by atoms with Gasteiger partial charge >= 0.3 is 5.97 Å². The summed E-state index contributed by atoms with van der Waals surface area (Å²) in [5.74, 6) is -0.659. The number of likely N-dealkylation sites (tertiary alicyclic amines) is 1.